The first-order valence-corrected chi connectivity index (χ1v) is 8.88. The van der Waals surface area contributed by atoms with Crippen molar-refractivity contribution >= 4 is 5.91 Å². The van der Waals surface area contributed by atoms with Gasteiger partial charge in [-0.05, 0) is 29.5 Å². The van der Waals surface area contributed by atoms with E-state index in [2.05, 4.69) is 0 Å². The smallest absolute Gasteiger partial charge is 0.217 e. The lowest BCUT2D eigenvalue weighted by molar-refractivity contribution is -0.117. The second kappa shape index (κ2) is 10.5. The molecular formula is C21H27NO5. The van der Waals surface area contributed by atoms with Crippen molar-refractivity contribution in [2.45, 2.75) is 26.2 Å². The summed E-state index contributed by atoms with van der Waals surface area (Å²) in [4.78, 5) is 11.5. The topological polar surface area (TPSA) is 80.0 Å². The van der Waals surface area contributed by atoms with E-state index in [1.807, 2.05) is 43.3 Å². The van der Waals surface area contributed by atoms with Crippen LogP contribution < -0.4 is 15.2 Å². The molecule has 2 aromatic carbocycles. The first kappa shape index (κ1) is 20.7. The van der Waals surface area contributed by atoms with Crippen LogP contribution in [-0.2, 0) is 27.1 Å². The zero-order chi connectivity index (χ0) is 19.6. The Morgan fingerprint density at radius 1 is 0.963 bits per heavy atom. The molecule has 0 radical (unpaired) electrons. The minimum atomic E-state index is -0.348. The molecule has 2 rings (SSSR count). The molecule has 6 nitrogen and oxygen atoms in total. The van der Waals surface area contributed by atoms with Crippen molar-refractivity contribution < 1.29 is 23.7 Å². The number of carbonyl (C=O) groups excluding carboxylic acids is 1. The van der Waals surface area contributed by atoms with Gasteiger partial charge in [0.05, 0.1) is 0 Å². The van der Waals surface area contributed by atoms with E-state index in [-0.39, 0.29) is 25.9 Å². The van der Waals surface area contributed by atoms with Gasteiger partial charge in [-0.1, -0.05) is 37.3 Å². The van der Waals surface area contributed by atoms with E-state index in [1.165, 1.54) is 0 Å². The molecule has 0 saturated heterocycles. The largest absolute Gasteiger partial charge is 0.467 e. The highest BCUT2D eigenvalue weighted by atomic mass is 16.7. The number of benzene rings is 2. The van der Waals surface area contributed by atoms with Crippen molar-refractivity contribution in [2.75, 3.05) is 27.8 Å². The molecule has 27 heavy (non-hydrogen) atoms. The van der Waals surface area contributed by atoms with Crippen LogP contribution in [0.2, 0.25) is 0 Å². The zero-order valence-electron chi connectivity index (χ0n) is 16.1. The lowest BCUT2D eigenvalue weighted by Crippen LogP contribution is -2.14. The Bertz CT molecular complexity index is 746. The molecule has 0 unspecified atom stereocenters. The predicted molar refractivity (Wildman–Crippen MR) is 104 cm³/mol. The van der Waals surface area contributed by atoms with Crippen LogP contribution >= 0.6 is 0 Å². The van der Waals surface area contributed by atoms with Gasteiger partial charge in [0.25, 0.3) is 0 Å². The predicted octanol–water partition coefficient (Wildman–Crippen LogP) is 3.30. The quantitative estimate of drug-likeness (QED) is 0.611. The minimum Gasteiger partial charge on any atom is -0.467 e. The number of ether oxygens (including phenoxy) is 4. The van der Waals surface area contributed by atoms with Crippen molar-refractivity contribution in [1.82, 2.24) is 0 Å². The molecule has 2 aromatic rings. The summed E-state index contributed by atoms with van der Waals surface area (Å²) >= 11 is 0. The summed E-state index contributed by atoms with van der Waals surface area (Å²) in [5.41, 5.74) is 9.34. The van der Waals surface area contributed by atoms with Crippen molar-refractivity contribution in [1.29, 1.82) is 0 Å². The Morgan fingerprint density at radius 2 is 1.59 bits per heavy atom. The highest BCUT2D eigenvalue weighted by Crippen LogP contribution is 2.41. The van der Waals surface area contributed by atoms with E-state index in [1.54, 1.807) is 14.2 Å². The van der Waals surface area contributed by atoms with Crippen LogP contribution in [-0.4, -0.2) is 33.7 Å². The SMILES string of the molecule is CCc1c(OCOC)cc(OCOC)c(-c2ccccc2)c1CCC(N)=O. The van der Waals surface area contributed by atoms with Crippen LogP contribution in [0.5, 0.6) is 11.5 Å². The lowest BCUT2D eigenvalue weighted by atomic mass is 9.89. The molecule has 0 atom stereocenters. The first-order valence-electron chi connectivity index (χ1n) is 8.88. The molecule has 0 aliphatic carbocycles. The summed E-state index contributed by atoms with van der Waals surface area (Å²) in [6, 6.07) is 11.8. The average molecular weight is 373 g/mol. The maximum atomic E-state index is 11.5. The van der Waals surface area contributed by atoms with Crippen molar-refractivity contribution in [3.05, 3.63) is 47.5 Å². The van der Waals surface area contributed by atoms with Crippen LogP contribution in [0.4, 0.5) is 0 Å². The van der Waals surface area contributed by atoms with E-state index in [4.69, 9.17) is 24.7 Å². The molecule has 0 saturated carbocycles. The molecule has 0 bridgehead atoms. The second-order valence-corrected chi connectivity index (χ2v) is 5.99. The number of amides is 1. The molecule has 2 N–H and O–H groups in total. The summed E-state index contributed by atoms with van der Waals surface area (Å²) < 4.78 is 21.8. The number of hydrogen-bond donors (Lipinski definition) is 1. The van der Waals surface area contributed by atoms with E-state index in [0.717, 1.165) is 28.7 Å². The number of primary amides is 1. The van der Waals surface area contributed by atoms with Gasteiger partial charge in [0.15, 0.2) is 13.6 Å². The van der Waals surface area contributed by atoms with Gasteiger partial charge in [-0.15, -0.1) is 0 Å². The van der Waals surface area contributed by atoms with Crippen molar-refractivity contribution in [3.63, 3.8) is 0 Å². The summed E-state index contributed by atoms with van der Waals surface area (Å²) in [5, 5.41) is 0. The Labute approximate surface area is 160 Å². The normalized spacial score (nSPS) is 10.6. The summed E-state index contributed by atoms with van der Waals surface area (Å²) in [7, 11) is 3.14. The molecule has 1 amide bonds. The fourth-order valence-corrected chi connectivity index (χ4v) is 3.05. The summed E-state index contributed by atoms with van der Waals surface area (Å²) in [6.45, 7) is 2.27. The maximum absolute atomic E-state index is 11.5. The van der Waals surface area contributed by atoms with Crippen LogP contribution in [0.3, 0.4) is 0 Å². The maximum Gasteiger partial charge on any atom is 0.217 e. The van der Waals surface area contributed by atoms with Gasteiger partial charge in [-0.3, -0.25) is 4.79 Å². The van der Waals surface area contributed by atoms with Gasteiger partial charge in [0, 0.05) is 32.3 Å². The third-order valence-corrected chi connectivity index (χ3v) is 4.17. The van der Waals surface area contributed by atoms with Crippen molar-refractivity contribution in [2.24, 2.45) is 5.73 Å². The number of methoxy groups -OCH3 is 2. The number of carbonyl (C=O) groups is 1. The minimum absolute atomic E-state index is 0.101. The fraction of sp³-hybridized carbons (Fsp3) is 0.381. The molecule has 0 aliphatic rings. The standard InChI is InChI=1S/C21H27NO5/c1-4-16-17(10-11-20(22)23)21(15-8-6-5-7-9-15)19(27-14-25-3)12-18(16)26-13-24-2/h5-9,12H,4,10-11,13-14H2,1-3H3,(H2,22,23). The highest BCUT2D eigenvalue weighted by molar-refractivity contribution is 5.79. The molecule has 0 spiro atoms. The highest BCUT2D eigenvalue weighted by Gasteiger charge is 2.21. The van der Waals surface area contributed by atoms with E-state index in [0.29, 0.717) is 17.9 Å². The van der Waals surface area contributed by atoms with Gasteiger partial charge >= 0.3 is 0 Å². The second-order valence-electron chi connectivity index (χ2n) is 5.99. The number of rotatable bonds is 11. The molecule has 0 fully saturated rings. The number of nitrogens with two attached hydrogens (primary N) is 1. The van der Waals surface area contributed by atoms with Crippen LogP contribution in [0.1, 0.15) is 24.5 Å². The van der Waals surface area contributed by atoms with E-state index < -0.39 is 0 Å². The zero-order valence-corrected chi connectivity index (χ0v) is 16.1. The van der Waals surface area contributed by atoms with Crippen LogP contribution in [0.25, 0.3) is 11.1 Å². The number of hydrogen-bond acceptors (Lipinski definition) is 5. The summed E-state index contributed by atoms with van der Waals surface area (Å²) in [5.74, 6) is 0.953. The molecule has 0 heterocycles. The van der Waals surface area contributed by atoms with E-state index >= 15 is 0 Å². The van der Waals surface area contributed by atoms with Gasteiger partial charge < -0.3 is 24.7 Å². The van der Waals surface area contributed by atoms with Gasteiger partial charge in [0.1, 0.15) is 11.5 Å². The molecule has 0 aromatic heterocycles. The monoisotopic (exact) mass is 373 g/mol. The molecule has 0 aliphatic heterocycles. The average Bonchev–Trinajstić information content (AvgIpc) is 2.69. The third kappa shape index (κ3) is 5.45. The summed E-state index contributed by atoms with van der Waals surface area (Å²) in [6.07, 6.45) is 1.47. The molecular weight excluding hydrogens is 346 g/mol. The lowest BCUT2D eigenvalue weighted by Gasteiger charge is -2.22. The van der Waals surface area contributed by atoms with Gasteiger partial charge in [-0.25, -0.2) is 0 Å². The Kier molecular flexibility index (Phi) is 8.10. The molecule has 6 heteroatoms. The van der Waals surface area contributed by atoms with Crippen molar-refractivity contribution in [3.8, 4) is 22.6 Å². The van der Waals surface area contributed by atoms with Crippen LogP contribution in [0, 0.1) is 0 Å². The Hall–Kier alpha value is -2.57. The van der Waals surface area contributed by atoms with Gasteiger partial charge in [0.2, 0.25) is 5.91 Å². The Morgan fingerprint density at radius 3 is 2.15 bits per heavy atom. The fourth-order valence-electron chi connectivity index (χ4n) is 3.05. The first-order chi connectivity index (χ1) is 13.1. The molecule has 146 valence electrons. The Balaban J connectivity index is 2.68. The van der Waals surface area contributed by atoms with E-state index in [9.17, 15) is 4.79 Å². The van der Waals surface area contributed by atoms with Crippen LogP contribution in [0.15, 0.2) is 36.4 Å². The van der Waals surface area contributed by atoms with Gasteiger partial charge in [-0.2, -0.15) is 0 Å². The third-order valence-electron chi connectivity index (χ3n) is 4.17.